The van der Waals surface area contributed by atoms with Gasteiger partial charge in [0.25, 0.3) is 0 Å². The summed E-state index contributed by atoms with van der Waals surface area (Å²) in [7, 11) is 0. The SMILES string of the molecule is CCCOC(C)[NH+]([O-])CN. The summed E-state index contributed by atoms with van der Waals surface area (Å²) in [4.78, 5) is 0. The van der Waals surface area contributed by atoms with Crippen LogP contribution in [0.3, 0.4) is 0 Å². The van der Waals surface area contributed by atoms with Gasteiger partial charge in [-0.05, 0) is 6.42 Å². The maximum atomic E-state index is 10.8. The molecule has 0 spiro atoms. The van der Waals surface area contributed by atoms with Crippen molar-refractivity contribution in [1.82, 2.24) is 0 Å². The van der Waals surface area contributed by atoms with Crippen LogP contribution in [0, 0.1) is 5.21 Å². The summed E-state index contributed by atoms with van der Waals surface area (Å²) >= 11 is 0. The first-order valence-corrected chi connectivity index (χ1v) is 3.56. The van der Waals surface area contributed by atoms with E-state index < -0.39 is 0 Å². The van der Waals surface area contributed by atoms with Gasteiger partial charge >= 0.3 is 0 Å². The predicted molar refractivity (Wildman–Crippen MR) is 39.1 cm³/mol. The summed E-state index contributed by atoms with van der Waals surface area (Å²) in [6.45, 7) is 4.43. The normalized spacial score (nSPS) is 16.8. The first-order valence-electron chi connectivity index (χ1n) is 3.56. The molecule has 62 valence electrons. The van der Waals surface area contributed by atoms with Crippen molar-refractivity contribution in [1.29, 1.82) is 0 Å². The second-order valence-corrected chi connectivity index (χ2v) is 2.18. The molecule has 2 atom stereocenters. The van der Waals surface area contributed by atoms with E-state index in [1.807, 2.05) is 6.92 Å². The Kier molecular flexibility index (Phi) is 5.52. The molecule has 0 aromatic heterocycles. The second-order valence-electron chi connectivity index (χ2n) is 2.18. The van der Waals surface area contributed by atoms with E-state index in [0.717, 1.165) is 6.42 Å². The van der Waals surface area contributed by atoms with Gasteiger partial charge in [0.1, 0.15) is 6.67 Å². The molecule has 0 aliphatic heterocycles. The van der Waals surface area contributed by atoms with Gasteiger partial charge in [0.2, 0.25) is 0 Å². The second kappa shape index (κ2) is 5.61. The monoisotopic (exact) mass is 148 g/mol. The molecule has 0 amide bonds. The third-order valence-corrected chi connectivity index (χ3v) is 1.23. The molecular weight excluding hydrogens is 132 g/mol. The predicted octanol–water partition coefficient (Wildman–Crippen LogP) is -0.942. The van der Waals surface area contributed by atoms with E-state index in [4.69, 9.17) is 10.5 Å². The lowest BCUT2D eigenvalue weighted by molar-refractivity contribution is -0.898. The van der Waals surface area contributed by atoms with Crippen LogP contribution in [0.25, 0.3) is 0 Å². The quantitative estimate of drug-likeness (QED) is 0.390. The van der Waals surface area contributed by atoms with E-state index in [0.29, 0.717) is 6.61 Å². The molecule has 0 fully saturated rings. The van der Waals surface area contributed by atoms with E-state index in [2.05, 4.69) is 0 Å². The molecule has 0 aliphatic carbocycles. The van der Waals surface area contributed by atoms with Crippen molar-refractivity contribution in [2.45, 2.75) is 26.5 Å². The van der Waals surface area contributed by atoms with E-state index in [1.165, 1.54) is 0 Å². The Balaban J connectivity index is 3.31. The number of hydrogen-bond donors (Lipinski definition) is 2. The van der Waals surface area contributed by atoms with Crippen molar-refractivity contribution >= 4 is 0 Å². The van der Waals surface area contributed by atoms with E-state index >= 15 is 0 Å². The smallest absolute Gasteiger partial charge is 0.189 e. The van der Waals surface area contributed by atoms with Gasteiger partial charge in [0.05, 0.1) is 6.61 Å². The summed E-state index contributed by atoms with van der Waals surface area (Å²) in [5.74, 6) is 0. The van der Waals surface area contributed by atoms with Gasteiger partial charge in [-0.1, -0.05) is 6.92 Å². The van der Waals surface area contributed by atoms with Crippen LogP contribution in [-0.2, 0) is 4.74 Å². The van der Waals surface area contributed by atoms with Crippen molar-refractivity contribution < 1.29 is 9.80 Å². The van der Waals surface area contributed by atoms with Crippen molar-refractivity contribution in [2.24, 2.45) is 5.73 Å². The third kappa shape index (κ3) is 3.79. The Labute approximate surface area is 61.5 Å². The summed E-state index contributed by atoms with van der Waals surface area (Å²) in [6.07, 6.45) is 0.604. The van der Waals surface area contributed by atoms with Gasteiger partial charge in [-0.15, -0.1) is 0 Å². The fourth-order valence-electron chi connectivity index (χ4n) is 0.554. The first kappa shape index (κ1) is 9.84. The fourth-order valence-corrected chi connectivity index (χ4v) is 0.554. The maximum Gasteiger partial charge on any atom is 0.189 e. The van der Waals surface area contributed by atoms with Crippen LogP contribution in [0.4, 0.5) is 0 Å². The summed E-state index contributed by atoms with van der Waals surface area (Å²) < 4.78 is 5.11. The van der Waals surface area contributed by atoms with Crippen LogP contribution in [0.1, 0.15) is 20.3 Å². The molecule has 4 nitrogen and oxygen atoms in total. The molecular formula is C6H16N2O2. The van der Waals surface area contributed by atoms with E-state index in [-0.39, 0.29) is 18.0 Å². The average molecular weight is 148 g/mol. The number of rotatable bonds is 5. The zero-order chi connectivity index (χ0) is 7.98. The lowest BCUT2D eigenvalue weighted by Crippen LogP contribution is -3.12. The highest BCUT2D eigenvalue weighted by Crippen LogP contribution is 1.82. The van der Waals surface area contributed by atoms with Crippen LogP contribution in [-0.4, -0.2) is 19.5 Å². The number of hydroxylamine groups is 2. The zero-order valence-corrected chi connectivity index (χ0v) is 6.59. The molecule has 0 radical (unpaired) electrons. The third-order valence-electron chi connectivity index (χ3n) is 1.23. The number of nitrogens with two attached hydrogens (primary N) is 1. The topological polar surface area (TPSA) is 62.8 Å². The minimum absolute atomic E-state index is 0.0338. The molecule has 0 saturated heterocycles. The molecule has 4 heteroatoms. The lowest BCUT2D eigenvalue weighted by Gasteiger charge is -2.26. The highest BCUT2D eigenvalue weighted by molar-refractivity contribution is 4.29. The molecule has 0 aromatic rings. The minimum atomic E-state index is -0.329. The molecule has 0 heterocycles. The average Bonchev–Trinajstić information content (AvgIpc) is 1.98. The molecule has 10 heavy (non-hydrogen) atoms. The highest BCUT2D eigenvalue weighted by atomic mass is 16.6. The van der Waals surface area contributed by atoms with Crippen LogP contribution in [0.2, 0.25) is 0 Å². The molecule has 0 aliphatic rings. The molecule has 0 aromatic carbocycles. The fraction of sp³-hybridized carbons (Fsp3) is 1.00. The summed E-state index contributed by atoms with van der Waals surface area (Å²) in [5, 5.41) is 10.7. The van der Waals surface area contributed by atoms with Gasteiger partial charge in [0.15, 0.2) is 6.23 Å². The molecule has 3 N–H and O–H groups in total. The first-order chi connectivity index (χ1) is 4.72. The van der Waals surface area contributed by atoms with Crippen LogP contribution < -0.4 is 10.8 Å². The Morgan fingerprint density at radius 3 is 2.70 bits per heavy atom. The number of nitrogens with one attached hydrogen (secondary N) is 1. The maximum absolute atomic E-state index is 10.8. The van der Waals surface area contributed by atoms with Gasteiger partial charge in [0, 0.05) is 6.92 Å². The van der Waals surface area contributed by atoms with Crippen LogP contribution in [0.5, 0.6) is 0 Å². The van der Waals surface area contributed by atoms with E-state index in [9.17, 15) is 5.21 Å². The molecule has 0 saturated carbocycles. The number of quaternary nitrogens is 1. The largest absolute Gasteiger partial charge is 0.631 e. The Hall–Kier alpha value is -0.160. The van der Waals surface area contributed by atoms with Crippen molar-refractivity contribution in [2.75, 3.05) is 13.3 Å². The van der Waals surface area contributed by atoms with Crippen molar-refractivity contribution in [3.63, 3.8) is 0 Å². The zero-order valence-electron chi connectivity index (χ0n) is 6.59. The van der Waals surface area contributed by atoms with Crippen LogP contribution in [0.15, 0.2) is 0 Å². The molecule has 0 rings (SSSR count). The highest BCUT2D eigenvalue weighted by Gasteiger charge is 2.05. The van der Waals surface area contributed by atoms with Gasteiger partial charge in [-0.2, -0.15) is 0 Å². The molecule has 2 unspecified atom stereocenters. The van der Waals surface area contributed by atoms with Crippen molar-refractivity contribution in [3.8, 4) is 0 Å². The van der Waals surface area contributed by atoms with Gasteiger partial charge < -0.3 is 15.0 Å². The Morgan fingerprint density at radius 1 is 1.70 bits per heavy atom. The summed E-state index contributed by atoms with van der Waals surface area (Å²) in [6, 6.07) is 0. The lowest BCUT2D eigenvalue weighted by atomic mass is 10.5. The number of hydrogen-bond acceptors (Lipinski definition) is 3. The summed E-state index contributed by atoms with van der Waals surface area (Å²) in [5.41, 5.74) is 5.12. The minimum Gasteiger partial charge on any atom is -0.631 e. The van der Waals surface area contributed by atoms with Gasteiger partial charge in [-0.25, -0.2) is 0 Å². The van der Waals surface area contributed by atoms with Crippen LogP contribution >= 0.6 is 0 Å². The standard InChI is InChI=1S/C6H16N2O2/c1-3-4-10-6(2)8(9)5-7/h6,8H,3-5,7H2,1-2H3. The Bertz CT molecular complexity index is 80.1. The number of ether oxygens (including phenoxy) is 1. The Morgan fingerprint density at radius 2 is 2.30 bits per heavy atom. The molecule has 0 bridgehead atoms. The van der Waals surface area contributed by atoms with Crippen molar-refractivity contribution in [3.05, 3.63) is 5.21 Å². The van der Waals surface area contributed by atoms with Gasteiger partial charge in [-0.3, -0.25) is 5.73 Å². The van der Waals surface area contributed by atoms with E-state index in [1.54, 1.807) is 6.92 Å².